The molecule has 0 aliphatic heterocycles. The van der Waals surface area contributed by atoms with Crippen molar-refractivity contribution in [3.63, 3.8) is 0 Å². The van der Waals surface area contributed by atoms with Gasteiger partial charge in [-0.1, -0.05) is 19.1 Å². The number of thiol groups is 1. The molecule has 0 N–H and O–H groups in total. The van der Waals surface area contributed by atoms with Crippen molar-refractivity contribution in [1.82, 2.24) is 15.0 Å². The van der Waals surface area contributed by atoms with Crippen LogP contribution in [0.5, 0.6) is 0 Å². The van der Waals surface area contributed by atoms with E-state index >= 15 is 0 Å². The number of hydrogen-bond donors (Lipinski definition) is 1. The fraction of sp³-hybridized carbons (Fsp3) is 0.818. The molecule has 0 aliphatic rings. The van der Waals surface area contributed by atoms with Crippen LogP contribution in [-0.2, 0) is 13.0 Å². The van der Waals surface area contributed by atoms with E-state index in [2.05, 4.69) is 36.8 Å². The van der Waals surface area contributed by atoms with Crippen molar-refractivity contribution in [2.24, 2.45) is 5.92 Å². The lowest BCUT2D eigenvalue weighted by molar-refractivity contribution is 0.511. The summed E-state index contributed by atoms with van der Waals surface area (Å²) < 4.78 is 2.03. The van der Waals surface area contributed by atoms with E-state index < -0.39 is 0 Å². The van der Waals surface area contributed by atoms with Crippen LogP contribution in [0.1, 0.15) is 38.8 Å². The van der Waals surface area contributed by atoms with Crippen molar-refractivity contribution in [1.29, 1.82) is 0 Å². The largest absolute Gasteiger partial charge is 0.249 e. The van der Waals surface area contributed by atoms with Gasteiger partial charge in [0, 0.05) is 6.54 Å². The van der Waals surface area contributed by atoms with Crippen molar-refractivity contribution >= 4 is 12.6 Å². The SMILES string of the molecule is CC(C)CCc1cnnn1CCCCS. The van der Waals surface area contributed by atoms with Gasteiger partial charge < -0.3 is 0 Å². The van der Waals surface area contributed by atoms with Crippen LogP contribution in [0.15, 0.2) is 6.20 Å². The Kier molecular flexibility index (Phi) is 5.76. The van der Waals surface area contributed by atoms with Gasteiger partial charge in [0.15, 0.2) is 0 Å². The second-order valence-corrected chi connectivity index (χ2v) is 4.76. The van der Waals surface area contributed by atoms with E-state index in [4.69, 9.17) is 0 Å². The Morgan fingerprint density at radius 3 is 2.87 bits per heavy atom. The van der Waals surface area contributed by atoms with Gasteiger partial charge in [0.05, 0.1) is 11.9 Å². The summed E-state index contributed by atoms with van der Waals surface area (Å²) in [6.07, 6.45) is 6.47. The van der Waals surface area contributed by atoms with Gasteiger partial charge in [0.2, 0.25) is 0 Å². The number of rotatable bonds is 7. The Hall–Kier alpha value is -0.510. The molecule has 1 rings (SSSR count). The van der Waals surface area contributed by atoms with Gasteiger partial charge >= 0.3 is 0 Å². The molecule has 4 heteroatoms. The molecule has 0 aliphatic carbocycles. The van der Waals surface area contributed by atoms with E-state index in [1.807, 2.05) is 10.9 Å². The van der Waals surface area contributed by atoms with E-state index in [0.29, 0.717) is 0 Å². The number of nitrogens with zero attached hydrogens (tertiary/aromatic N) is 3. The summed E-state index contributed by atoms with van der Waals surface area (Å²) >= 11 is 4.20. The van der Waals surface area contributed by atoms with E-state index in [9.17, 15) is 0 Å². The zero-order valence-electron chi connectivity index (χ0n) is 9.69. The lowest BCUT2D eigenvalue weighted by Crippen LogP contribution is -2.06. The number of unbranched alkanes of at least 4 members (excludes halogenated alkanes) is 1. The molecule has 0 aromatic carbocycles. The number of hydrogen-bond acceptors (Lipinski definition) is 3. The topological polar surface area (TPSA) is 30.7 Å². The average Bonchev–Trinajstić information content (AvgIpc) is 2.63. The molecule has 0 bridgehead atoms. The lowest BCUT2D eigenvalue weighted by Gasteiger charge is -2.07. The Balaban J connectivity index is 2.39. The van der Waals surface area contributed by atoms with Crippen LogP contribution in [0.3, 0.4) is 0 Å². The molecule has 0 atom stereocenters. The van der Waals surface area contributed by atoms with Crippen molar-refractivity contribution < 1.29 is 0 Å². The van der Waals surface area contributed by atoms with Gasteiger partial charge in [0.1, 0.15) is 0 Å². The molecule has 0 unspecified atom stereocenters. The van der Waals surface area contributed by atoms with Crippen LogP contribution in [0.2, 0.25) is 0 Å². The van der Waals surface area contributed by atoms with Crippen LogP contribution in [0.25, 0.3) is 0 Å². The first-order chi connectivity index (χ1) is 7.24. The second kappa shape index (κ2) is 6.88. The van der Waals surface area contributed by atoms with E-state index in [0.717, 1.165) is 37.5 Å². The zero-order chi connectivity index (χ0) is 11.1. The molecule has 1 aromatic heterocycles. The van der Waals surface area contributed by atoms with E-state index in [1.165, 1.54) is 12.1 Å². The van der Waals surface area contributed by atoms with Crippen LogP contribution < -0.4 is 0 Å². The minimum Gasteiger partial charge on any atom is -0.249 e. The molecular formula is C11H21N3S. The fourth-order valence-electron chi connectivity index (χ4n) is 1.47. The van der Waals surface area contributed by atoms with Gasteiger partial charge in [-0.15, -0.1) is 5.10 Å². The number of aromatic nitrogens is 3. The summed E-state index contributed by atoms with van der Waals surface area (Å²) in [6, 6.07) is 0. The maximum Gasteiger partial charge on any atom is 0.0725 e. The Morgan fingerprint density at radius 2 is 2.20 bits per heavy atom. The summed E-state index contributed by atoms with van der Waals surface area (Å²) in [5.41, 5.74) is 1.27. The Labute approximate surface area is 97.7 Å². The third-order valence-corrected chi connectivity index (χ3v) is 2.77. The summed E-state index contributed by atoms with van der Waals surface area (Å²) in [5.74, 6) is 1.70. The first kappa shape index (κ1) is 12.6. The van der Waals surface area contributed by atoms with E-state index in [1.54, 1.807) is 0 Å². The highest BCUT2D eigenvalue weighted by atomic mass is 32.1. The first-order valence-corrected chi connectivity index (χ1v) is 6.35. The molecule has 0 fully saturated rings. The molecule has 0 radical (unpaired) electrons. The third kappa shape index (κ3) is 4.69. The minimum atomic E-state index is 0.741. The van der Waals surface area contributed by atoms with Gasteiger partial charge in [0.25, 0.3) is 0 Å². The normalized spacial score (nSPS) is 11.2. The van der Waals surface area contributed by atoms with Crippen LogP contribution in [0, 0.1) is 5.92 Å². The van der Waals surface area contributed by atoms with Crippen molar-refractivity contribution in [2.75, 3.05) is 5.75 Å². The summed E-state index contributed by atoms with van der Waals surface area (Å²) in [5, 5.41) is 8.08. The van der Waals surface area contributed by atoms with Crippen molar-refractivity contribution in [2.45, 2.75) is 46.1 Å². The zero-order valence-corrected chi connectivity index (χ0v) is 10.6. The molecule has 86 valence electrons. The third-order valence-electron chi connectivity index (χ3n) is 2.45. The van der Waals surface area contributed by atoms with Gasteiger partial charge in [-0.05, 0) is 37.4 Å². The van der Waals surface area contributed by atoms with Gasteiger partial charge in [-0.2, -0.15) is 12.6 Å². The summed E-state index contributed by atoms with van der Waals surface area (Å²) in [6.45, 7) is 5.47. The molecule has 3 nitrogen and oxygen atoms in total. The highest BCUT2D eigenvalue weighted by Gasteiger charge is 2.04. The lowest BCUT2D eigenvalue weighted by atomic mass is 10.1. The number of aryl methyl sites for hydroxylation is 2. The molecule has 1 aromatic rings. The fourth-order valence-corrected chi connectivity index (χ4v) is 1.69. The van der Waals surface area contributed by atoms with Crippen molar-refractivity contribution in [3.05, 3.63) is 11.9 Å². The smallest absolute Gasteiger partial charge is 0.0725 e. The second-order valence-electron chi connectivity index (χ2n) is 4.31. The molecule has 0 spiro atoms. The molecule has 1 heterocycles. The van der Waals surface area contributed by atoms with Crippen LogP contribution in [-0.4, -0.2) is 20.7 Å². The van der Waals surface area contributed by atoms with Crippen LogP contribution in [0.4, 0.5) is 0 Å². The average molecular weight is 227 g/mol. The molecule has 0 saturated carbocycles. The van der Waals surface area contributed by atoms with Crippen LogP contribution >= 0.6 is 12.6 Å². The minimum absolute atomic E-state index is 0.741. The van der Waals surface area contributed by atoms with Gasteiger partial charge in [-0.25, -0.2) is 4.68 Å². The summed E-state index contributed by atoms with van der Waals surface area (Å²) in [4.78, 5) is 0. The molecular weight excluding hydrogens is 206 g/mol. The standard InChI is InChI=1S/C11H21N3S/c1-10(2)5-6-11-9-12-13-14(11)7-3-4-8-15/h9-10,15H,3-8H2,1-2H3. The molecule has 15 heavy (non-hydrogen) atoms. The molecule has 0 saturated heterocycles. The maximum atomic E-state index is 4.20. The first-order valence-electron chi connectivity index (χ1n) is 5.72. The highest BCUT2D eigenvalue weighted by molar-refractivity contribution is 7.80. The Bertz CT molecular complexity index is 271. The summed E-state index contributed by atoms with van der Waals surface area (Å²) in [7, 11) is 0. The monoisotopic (exact) mass is 227 g/mol. The van der Waals surface area contributed by atoms with Gasteiger partial charge in [-0.3, -0.25) is 0 Å². The predicted molar refractivity (Wildman–Crippen MR) is 66.3 cm³/mol. The quantitative estimate of drug-likeness (QED) is 0.573. The maximum absolute atomic E-state index is 4.20. The Morgan fingerprint density at radius 1 is 1.40 bits per heavy atom. The van der Waals surface area contributed by atoms with Crippen molar-refractivity contribution in [3.8, 4) is 0 Å². The molecule has 0 amide bonds. The highest BCUT2D eigenvalue weighted by Crippen LogP contribution is 2.08. The van der Waals surface area contributed by atoms with E-state index in [-0.39, 0.29) is 0 Å². The predicted octanol–water partition coefficient (Wildman–Crippen LogP) is 2.58.